The van der Waals surface area contributed by atoms with Crippen LogP contribution in [0.4, 0.5) is 0 Å². The Bertz CT molecular complexity index is 448. The monoisotopic (exact) mass is 216 g/mol. The lowest BCUT2D eigenvalue weighted by Gasteiger charge is -2.23. The second-order valence-corrected chi connectivity index (χ2v) is 3.81. The van der Waals surface area contributed by atoms with E-state index >= 15 is 0 Å². The van der Waals surface area contributed by atoms with Gasteiger partial charge in [-0.15, -0.1) is 0 Å². The lowest BCUT2D eigenvalue weighted by atomic mass is 9.80. The number of methoxy groups -OCH3 is 1. The topological polar surface area (TPSA) is 43.4 Å². The molecular formula is C13H12O3. The third-order valence-electron chi connectivity index (χ3n) is 2.85. The van der Waals surface area contributed by atoms with Gasteiger partial charge in [0.1, 0.15) is 5.41 Å². The molecule has 3 nitrogen and oxygen atoms in total. The number of allylic oxidation sites excluding steroid dienone is 1. The summed E-state index contributed by atoms with van der Waals surface area (Å²) in [5.41, 5.74) is -0.128. The van der Waals surface area contributed by atoms with E-state index in [4.69, 9.17) is 4.74 Å². The van der Waals surface area contributed by atoms with E-state index in [1.54, 1.807) is 6.08 Å². The summed E-state index contributed by atoms with van der Waals surface area (Å²) in [6.45, 7) is 0. The van der Waals surface area contributed by atoms with E-state index in [0.29, 0.717) is 0 Å². The van der Waals surface area contributed by atoms with Gasteiger partial charge in [-0.3, -0.25) is 9.59 Å². The Morgan fingerprint density at radius 3 is 2.50 bits per heavy atom. The minimum absolute atomic E-state index is 0.0470. The van der Waals surface area contributed by atoms with Crippen molar-refractivity contribution in [3.63, 3.8) is 0 Å². The van der Waals surface area contributed by atoms with Crippen LogP contribution in [0.5, 0.6) is 0 Å². The second-order valence-electron chi connectivity index (χ2n) is 3.81. The van der Waals surface area contributed by atoms with Crippen molar-refractivity contribution in [1.82, 2.24) is 0 Å². The van der Waals surface area contributed by atoms with Gasteiger partial charge in [-0.1, -0.05) is 36.4 Å². The van der Waals surface area contributed by atoms with E-state index in [1.165, 1.54) is 13.2 Å². The number of ketones is 1. The smallest absolute Gasteiger partial charge is 0.320 e. The molecule has 0 fully saturated rings. The number of carbonyl (C=O) groups excluding carboxylic acids is 2. The van der Waals surface area contributed by atoms with Gasteiger partial charge in [-0.2, -0.15) is 0 Å². The van der Waals surface area contributed by atoms with Gasteiger partial charge in [-0.25, -0.2) is 0 Å². The fraction of sp³-hybridized carbons (Fsp3) is 0.231. The predicted molar refractivity (Wildman–Crippen MR) is 58.9 cm³/mol. The lowest BCUT2D eigenvalue weighted by Crippen LogP contribution is -2.34. The Hall–Kier alpha value is -1.90. The Balaban J connectivity index is 2.49. The van der Waals surface area contributed by atoms with Gasteiger partial charge in [0.25, 0.3) is 0 Å². The minimum atomic E-state index is -0.924. The SMILES string of the molecule is COC(=O)[C@@]1(c2ccccc2)C=CC(=O)C1. The zero-order valence-corrected chi connectivity index (χ0v) is 8.97. The Labute approximate surface area is 93.7 Å². The van der Waals surface area contributed by atoms with Crippen molar-refractivity contribution in [3.05, 3.63) is 48.0 Å². The molecule has 0 radical (unpaired) electrons. The van der Waals surface area contributed by atoms with Crippen LogP contribution >= 0.6 is 0 Å². The molecule has 0 aliphatic heterocycles. The van der Waals surface area contributed by atoms with Crippen LogP contribution in [0.2, 0.25) is 0 Å². The van der Waals surface area contributed by atoms with Gasteiger partial charge < -0.3 is 4.74 Å². The quantitative estimate of drug-likeness (QED) is 0.706. The van der Waals surface area contributed by atoms with Crippen LogP contribution in [-0.2, 0) is 19.7 Å². The fourth-order valence-electron chi connectivity index (χ4n) is 2.00. The maximum Gasteiger partial charge on any atom is 0.320 e. The standard InChI is InChI=1S/C13H12O3/c1-16-12(15)13(8-7-11(14)9-13)10-5-3-2-4-6-10/h2-8H,9H2,1H3/t13-/m0/s1. The van der Waals surface area contributed by atoms with E-state index in [1.807, 2.05) is 30.3 Å². The van der Waals surface area contributed by atoms with Crippen molar-refractivity contribution in [2.24, 2.45) is 0 Å². The van der Waals surface area contributed by atoms with Crippen LogP contribution in [0.15, 0.2) is 42.5 Å². The number of benzene rings is 1. The van der Waals surface area contributed by atoms with Gasteiger partial charge in [-0.05, 0) is 11.6 Å². The average Bonchev–Trinajstić information content (AvgIpc) is 2.73. The molecule has 0 spiro atoms. The number of ether oxygens (including phenoxy) is 1. The Morgan fingerprint density at radius 1 is 1.31 bits per heavy atom. The minimum Gasteiger partial charge on any atom is -0.468 e. The zero-order chi connectivity index (χ0) is 11.6. The summed E-state index contributed by atoms with van der Waals surface area (Å²) in [7, 11) is 1.34. The molecule has 0 aromatic heterocycles. The van der Waals surface area contributed by atoms with E-state index in [0.717, 1.165) is 5.56 Å². The number of hydrogen-bond donors (Lipinski definition) is 0. The van der Waals surface area contributed by atoms with Gasteiger partial charge in [0.15, 0.2) is 5.78 Å². The predicted octanol–water partition coefficient (Wildman–Crippen LogP) is 1.63. The summed E-state index contributed by atoms with van der Waals surface area (Å²) in [6, 6.07) is 9.22. The van der Waals surface area contributed by atoms with Crippen molar-refractivity contribution >= 4 is 11.8 Å². The zero-order valence-electron chi connectivity index (χ0n) is 8.97. The highest BCUT2D eigenvalue weighted by Crippen LogP contribution is 2.35. The first kappa shape index (κ1) is 10.6. The number of rotatable bonds is 2. The van der Waals surface area contributed by atoms with Gasteiger partial charge in [0.05, 0.1) is 7.11 Å². The van der Waals surface area contributed by atoms with Crippen LogP contribution < -0.4 is 0 Å². The van der Waals surface area contributed by atoms with Crippen molar-refractivity contribution in [1.29, 1.82) is 0 Å². The molecule has 0 N–H and O–H groups in total. The van der Waals surface area contributed by atoms with Gasteiger partial charge >= 0.3 is 5.97 Å². The van der Waals surface area contributed by atoms with Crippen molar-refractivity contribution < 1.29 is 14.3 Å². The molecule has 16 heavy (non-hydrogen) atoms. The maximum absolute atomic E-state index is 11.9. The summed E-state index contributed by atoms with van der Waals surface area (Å²) in [5, 5.41) is 0. The van der Waals surface area contributed by atoms with Crippen LogP contribution in [-0.4, -0.2) is 18.9 Å². The van der Waals surface area contributed by atoms with E-state index in [2.05, 4.69) is 0 Å². The molecule has 1 aliphatic carbocycles. The van der Waals surface area contributed by atoms with E-state index < -0.39 is 5.41 Å². The summed E-state index contributed by atoms with van der Waals surface area (Å²) >= 11 is 0. The molecule has 1 atom stereocenters. The summed E-state index contributed by atoms with van der Waals surface area (Å²) in [5.74, 6) is -0.435. The second kappa shape index (κ2) is 3.93. The first-order valence-electron chi connectivity index (χ1n) is 5.05. The molecule has 0 heterocycles. The summed E-state index contributed by atoms with van der Waals surface area (Å²) in [4.78, 5) is 23.2. The molecule has 0 saturated heterocycles. The first-order valence-corrected chi connectivity index (χ1v) is 5.05. The third-order valence-corrected chi connectivity index (χ3v) is 2.85. The van der Waals surface area contributed by atoms with Crippen molar-refractivity contribution in [2.45, 2.75) is 11.8 Å². The van der Waals surface area contributed by atoms with Crippen LogP contribution in [0, 0.1) is 0 Å². The molecular weight excluding hydrogens is 204 g/mol. The molecule has 0 saturated carbocycles. The normalized spacial score (nSPS) is 23.4. The third kappa shape index (κ3) is 1.54. The fourth-order valence-corrected chi connectivity index (χ4v) is 2.00. The number of esters is 1. The summed E-state index contributed by atoms with van der Waals surface area (Å²) in [6.07, 6.45) is 3.24. The molecule has 82 valence electrons. The van der Waals surface area contributed by atoms with Crippen molar-refractivity contribution in [3.8, 4) is 0 Å². The molecule has 3 heteroatoms. The highest BCUT2D eigenvalue weighted by molar-refractivity contribution is 6.02. The van der Waals surface area contributed by atoms with E-state index in [9.17, 15) is 9.59 Å². The Morgan fingerprint density at radius 2 is 2.00 bits per heavy atom. The van der Waals surface area contributed by atoms with Crippen LogP contribution in [0.25, 0.3) is 0 Å². The molecule has 2 rings (SSSR count). The maximum atomic E-state index is 11.9. The Kier molecular flexibility index (Phi) is 2.60. The highest BCUT2D eigenvalue weighted by Gasteiger charge is 2.43. The number of carbonyl (C=O) groups is 2. The molecule has 0 amide bonds. The molecule has 1 aliphatic rings. The molecule has 0 bridgehead atoms. The molecule has 0 unspecified atom stereocenters. The van der Waals surface area contributed by atoms with Crippen LogP contribution in [0.3, 0.4) is 0 Å². The van der Waals surface area contributed by atoms with Crippen LogP contribution in [0.1, 0.15) is 12.0 Å². The van der Waals surface area contributed by atoms with Gasteiger partial charge in [0.2, 0.25) is 0 Å². The van der Waals surface area contributed by atoms with E-state index in [-0.39, 0.29) is 18.2 Å². The molecule has 1 aromatic carbocycles. The number of hydrogen-bond acceptors (Lipinski definition) is 3. The van der Waals surface area contributed by atoms with Gasteiger partial charge in [0, 0.05) is 6.42 Å². The molecule has 1 aromatic rings. The first-order chi connectivity index (χ1) is 7.69. The largest absolute Gasteiger partial charge is 0.468 e. The average molecular weight is 216 g/mol. The lowest BCUT2D eigenvalue weighted by molar-refractivity contribution is -0.146. The van der Waals surface area contributed by atoms with Crippen molar-refractivity contribution in [2.75, 3.05) is 7.11 Å². The summed E-state index contributed by atoms with van der Waals surface area (Å²) < 4.78 is 4.80. The highest BCUT2D eigenvalue weighted by atomic mass is 16.5.